The molecule has 5 heteroatoms. The summed E-state index contributed by atoms with van der Waals surface area (Å²) < 4.78 is 7.44. The molecule has 3 fully saturated rings. The molecule has 0 saturated carbocycles. The summed E-state index contributed by atoms with van der Waals surface area (Å²) in [5, 5.41) is 4.29. The van der Waals surface area contributed by atoms with E-state index in [0.717, 1.165) is 37.8 Å². The van der Waals surface area contributed by atoms with Crippen LogP contribution >= 0.6 is 0 Å². The Morgan fingerprint density at radius 1 is 1.19 bits per heavy atom. The quantitative estimate of drug-likeness (QED) is 0.832. The first-order chi connectivity index (χ1) is 10.3. The number of rotatable bonds is 4. The Hall–Kier alpha value is -0.910. The average Bonchev–Trinajstić information content (AvgIpc) is 3.20. The van der Waals surface area contributed by atoms with Crippen LogP contribution in [-0.2, 0) is 18.3 Å². The molecule has 0 radical (unpaired) electrons. The van der Waals surface area contributed by atoms with Crippen LogP contribution in [0.1, 0.15) is 24.8 Å². The van der Waals surface area contributed by atoms with E-state index in [1.165, 1.54) is 44.5 Å². The Kier molecular flexibility index (Phi) is 3.73. The zero-order chi connectivity index (χ0) is 14.2. The minimum atomic E-state index is 0.757. The van der Waals surface area contributed by atoms with E-state index in [4.69, 9.17) is 4.74 Å². The van der Waals surface area contributed by atoms with E-state index in [1.807, 2.05) is 17.9 Å². The van der Waals surface area contributed by atoms with Gasteiger partial charge in [-0.05, 0) is 25.2 Å². The largest absolute Gasteiger partial charge is 0.381 e. The Morgan fingerprint density at radius 3 is 2.71 bits per heavy atom. The number of ether oxygens (including phenoxy) is 1. The van der Waals surface area contributed by atoms with Crippen molar-refractivity contribution in [3.8, 4) is 0 Å². The van der Waals surface area contributed by atoms with Gasteiger partial charge in [-0.15, -0.1) is 0 Å². The van der Waals surface area contributed by atoms with Crippen LogP contribution in [0, 0.1) is 5.92 Å². The van der Waals surface area contributed by atoms with Crippen LogP contribution in [0.5, 0.6) is 0 Å². The number of hydrogen-bond acceptors (Lipinski definition) is 4. The molecule has 1 aromatic rings. The molecule has 0 amide bonds. The molecule has 0 aromatic carbocycles. The van der Waals surface area contributed by atoms with Gasteiger partial charge in [-0.25, -0.2) is 0 Å². The van der Waals surface area contributed by atoms with E-state index in [0.29, 0.717) is 0 Å². The van der Waals surface area contributed by atoms with Gasteiger partial charge in [0.15, 0.2) is 0 Å². The molecule has 21 heavy (non-hydrogen) atoms. The zero-order valence-electron chi connectivity index (χ0n) is 12.9. The Labute approximate surface area is 126 Å². The summed E-state index contributed by atoms with van der Waals surface area (Å²) in [7, 11) is 2.00. The number of fused-ring (bicyclic) bond motifs is 1. The lowest BCUT2D eigenvalue weighted by Crippen LogP contribution is -2.38. The van der Waals surface area contributed by atoms with Gasteiger partial charge in [0, 0.05) is 63.7 Å². The van der Waals surface area contributed by atoms with Crippen molar-refractivity contribution in [2.75, 3.05) is 32.8 Å². The fourth-order valence-corrected chi connectivity index (χ4v) is 4.43. The van der Waals surface area contributed by atoms with Crippen molar-refractivity contribution in [3.05, 3.63) is 18.0 Å². The fourth-order valence-electron chi connectivity index (χ4n) is 4.43. The smallest absolute Gasteiger partial charge is 0.0534 e. The zero-order valence-corrected chi connectivity index (χ0v) is 12.9. The molecule has 1 aromatic heterocycles. The summed E-state index contributed by atoms with van der Waals surface area (Å²) >= 11 is 0. The predicted octanol–water partition coefficient (Wildman–Crippen LogP) is 1.11. The van der Waals surface area contributed by atoms with Crippen molar-refractivity contribution in [1.29, 1.82) is 0 Å². The van der Waals surface area contributed by atoms with Gasteiger partial charge in [0.05, 0.1) is 12.8 Å². The second-order valence-corrected chi connectivity index (χ2v) is 6.93. The van der Waals surface area contributed by atoms with Crippen molar-refractivity contribution in [2.45, 2.75) is 37.9 Å². The van der Waals surface area contributed by atoms with Crippen molar-refractivity contribution >= 4 is 0 Å². The lowest BCUT2D eigenvalue weighted by Gasteiger charge is -2.27. The maximum absolute atomic E-state index is 5.53. The summed E-state index contributed by atoms with van der Waals surface area (Å²) in [6, 6.07) is 1.54. The number of likely N-dealkylation sites (tertiary alicyclic amines) is 2. The summed E-state index contributed by atoms with van der Waals surface area (Å²) in [5.74, 6) is 0.774. The minimum absolute atomic E-state index is 0.757. The SMILES string of the molecule is Cn1cc(CN2CC[C@@H]3[C@@H]2CCN3CC2CCOC2)cn1. The average molecular weight is 290 g/mol. The van der Waals surface area contributed by atoms with Crippen LogP contribution in [0.4, 0.5) is 0 Å². The van der Waals surface area contributed by atoms with Crippen LogP contribution in [0.25, 0.3) is 0 Å². The van der Waals surface area contributed by atoms with E-state index in [1.54, 1.807) is 0 Å². The molecule has 5 nitrogen and oxygen atoms in total. The Bertz CT molecular complexity index is 482. The summed E-state index contributed by atoms with van der Waals surface area (Å²) in [4.78, 5) is 5.42. The number of nitrogens with zero attached hydrogens (tertiary/aromatic N) is 4. The number of hydrogen-bond donors (Lipinski definition) is 0. The van der Waals surface area contributed by atoms with Gasteiger partial charge in [-0.3, -0.25) is 14.5 Å². The van der Waals surface area contributed by atoms with Crippen molar-refractivity contribution in [3.63, 3.8) is 0 Å². The lowest BCUT2D eigenvalue weighted by molar-refractivity contribution is 0.159. The number of aromatic nitrogens is 2. The fraction of sp³-hybridized carbons (Fsp3) is 0.812. The van der Waals surface area contributed by atoms with Crippen LogP contribution in [0.2, 0.25) is 0 Å². The maximum Gasteiger partial charge on any atom is 0.0534 e. The summed E-state index contributed by atoms with van der Waals surface area (Å²) in [6.07, 6.45) is 8.08. The second-order valence-electron chi connectivity index (χ2n) is 6.93. The Balaban J connectivity index is 1.36. The highest BCUT2D eigenvalue weighted by Gasteiger charge is 2.42. The summed E-state index contributed by atoms with van der Waals surface area (Å²) in [5.41, 5.74) is 1.35. The third-order valence-electron chi connectivity index (χ3n) is 5.47. The standard InChI is InChI=1S/C16H26N4O/c1-18-9-14(8-17-18)11-20-6-3-15-16(20)2-5-19(15)10-13-4-7-21-12-13/h8-9,13,15-16H,2-7,10-12H2,1H3/t13?,15-,16+/m1/s1. The van der Waals surface area contributed by atoms with Crippen LogP contribution in [-0.4, -0.2) is 64.5 Å². The normalized spacial score (nSPS) is 33.9. The molecule has 4 heterocycles. The van der Waals surface area contributed by atoms with Crippen LogP contribution < -0.4 is 0 Å². The van der Waals surface area contributed by atoms with E-state index >= 15 is 0 Å². The molecule has 3 atom stereocenters. The predicted molar refractivity (Wildman–Crippen MR) is 80.9 cm³/mol. The molecule has 1 unspecified atom stereocenters. The van der Waals surface area contributed by atoms with Gasteiger partial charge in [0.1, 0.15) is 0 Å². The van der Waals surface area contributed by atoms with Crippen molar-refractivity contribution < 1.29 is 4.74 Å². The monoisotopic (exact) mass is 290 g/mol. The molecule has 0 spiro atoms. The molecule has 3 aliphatic rings. The van der Waals surface area contributed by atoms with Crippen molar-refractivity contribution in [2.24, 2.45) is 13.0 Å². The maximum atomic E-state index is 5.53. The van der Waals surface area contributed by atoms with E-state index < -0.39 is 0 Å². The first-order valence-corrected chi connectivity index (χ1v) is 8.33. The molecule has 4 rings (SSSR count). The highest BCUT2D eigenvalue weighted by molar-refractivity contribution is 5.07. The molecule has 116 valence electrons. The molecular formula is C16H26N4O. The molecule has 3 aliphatic heterocycles. The first-order valence-electron chi connectivity index (χ1n) is 8.33. The summed E-state index contributed by atoms with van der Waals surface area (Å²) in [6.45, 7) is 6.78. The van der Waals surface area contributed by atoms with E-state index in [9.17, 15) is 0 Å². The minimum Gasteiger partial charge on any atom is -0.381 e. The molecule has 0 N–H and O–H groups in total. The second kappa shape index (κ2) is 5.71. The van der Waals surface area contributed by atoms with Gasteiger partial charge in [-0.1, -0.05) is 0 Å². The molecule has 0 bridgehead atoms. The highest BCUT2D eigenvalue weighted by atomic mass is 16.5. The van der Waals surface area contributed by atoms with Gasteiger partial charge in [0.25, 0.3) is 0 Å². The third-order valence-corrected chi connectivity index (χ3v) is 5.47. The van der Waals surface area contributed by atoms with Crippen LogP contribution in [0.3, 0.4) is 0 Å². The Morgan fingerprint density at radius 2 is 2.00 bits per heavy atom. The lowest BCUT2D eigenvalue weighted by atomic mass is 10.1. The van der Waals surface area contributed by atoms with E-state index in [-0.39, 0.29) is 0 Å². The third kappa shape index (κ3) is 2.74. The molecular weight excluding hydrogens is 264 g/mol. The van der Waals surface area contributed by atoms with Gasteiger partial charge in [0.2, 0.25) is 0 Å². The van der Waals surface area contributed by atoms with Crippen LogP contribution in [0.15, 0.2) is 12.4 Å². The number of aryl methyl sites for hydroxylation is 1. The van der Waals surface area contributed by atoms with E-state index in [2.05, 4.69) is 21.1 Å². The van der Waals surface area contributed by atoms with Crippen molar-refractivity contribution in [1.82, 2.24) is 19.6 Å². The topological polar surface area (TPSA) is 33.5 Å². The highest BCUT2D eigenvalue weighted by Crippen LogP contribution is 2.33. The first kappa shape index (κ1) is 13.7. The van der Waals surface area contributed by atoms with Gasteiger partial charge in [-0.2, -0.15) is 5.10 Å². The van der Waals surface area contributed by atoms with Gasteiger partial charge >= 0.3 is 0 Å². The van der Waals surface area contributed by atoms with Gasteiger partial charge < -0.3 is 4.74 Å². The molecule has 3 saturated heterocycles. The molecule has 0 aliphatic carbocycles.